The van der Waals surface area contributed by atoms with Crippen LogP contribution in [0.4, 0.5) is 0 Å². The average Bonchev–Trinajstić information content (AvgIpc) is 3.12. The number of rotatable bonds is 5. The molecular weight excluding hydrogens is 394 g/mol. The maximum absolute atomic E-state index is 13.1. The standard InChI is InChI=1S/C24H27N3O4/c1-17-12-20-19(15-27(16-30-20)7-3-6-26-8-10-29-11-9-26)24-22(17)23(28)21(31-24)13-18-4-2-5-25-14-18/h2,4-5,12-14H,3,6-11,15-16H2,1H3/b21-13-. The van der Waals surface area contributed by atoms with E-state index in [0.29, 0.717) is 30.3 Å². The number of fused-ring (bicyclic) bond motifs is 3. The van der Waals surface area contributed by atoms with Crippen molar-refractivity contribution in [3.63, 3.8) is 0 Å². The predicted octanol–water partition coefficient (Wildman–Crippen LogP) is 2.88. The van der Waals surface area contributed by atoms with Crippen LogP contribution in [-0.2, 0) is 11.3 Å². The first-order valence-corrected chi connectivity index (χ1v) is 10.8. The maximum Gasteiger partial charge on any atom is 0.232 e. The number of benzene rings is 1. The van der Waals surface area contributed by atoms with Crippen molar-refractivity contribution in [2.45, 2.75) is 19.9 Å². The molecule has 0 unspecified atom stereocenters. The first-order valence-electron chi connectivity index (χ1n) is 10.8. The first kappa shape index (κ1) is 20.2. The van der Waals surface area contributed by atoms with Gasteiger partial charge in [0.25, 0.3) is 0 Å². The van der Waals surface area contributed by atoms with Crippen molar-refractivity contribution >= 4 is 11.9 Å². The molecule has 0 saturated carbocycles. The summed E-state index contributed by atoms with van der Waals surface area (Å²) >= 11 is 0. The number of ketones is 1. The lowest BCUT2D eigenvalue weighted by atomic mass is 9.98. The van der Waals surface area contributed by atoms with Gasteiger partial charge >= 0.3 is 0 Å². The molecule has 7 nitrogen and oxygen atoms in total. The Kier molecular flexibility index (Phi) is 5.72. The van der Waals surface area contributed by atoms with Gasteiger partial charge in [0, 0.05) is 38.6 Å². The third-order valence-electron chi connectivity index (χ3n) is 6.02. The molecule has 1 fully saturated rings. The van der Waals surface area contributed by atoms with Crippen LogP contribution in [0.1, 0.15) is 33.5 Å². The van der Waals surface area contributed by atoms with Crippen LogP contribution in [0.5, 0.6) is 11.5 Å². The van der Waals surface area contributed by atoms with E-state index in [1.807, 2.05) is 25.1 Å². The topological polar surface area (TPSA) is 64.1 Å². The lowest BCUT2D eigenvalue weighted by molar-refractivity contribution is 0.0329. The molecule has 0 bridgehead atoms. The van der Waals surface area contributed by atoms with Crippen molar-refractivity contribution in [2.24, 2.45) is 0 Å². The summed E-state index contributed by atoms with van der Waals surface area (Å²) in [5.41, 5.74) is 3.33. The van der Waals surface area contributed by atoms with Gasteiger partial charge in [0.2, 0.25) is 5.78 Å². The summed E-state index contributed by atoms with van der Waals surface area (Å²) in [5, 5.41) is 0. The zero-order chi connectivity index (χ0) is 21.2. The molecule has 3 aliphatic rings. The smallest absolute Gasteiger partial charge is 0.232 e. The van der Waals surface area contributed by atoms with Gasteiger partial charge < -0.3 is 14.2 Å². The number of nitrogens with zero attached hydrogens (tertiary/aromatic N) is 3. The summed E-state index contributed by atoms with van der Waals surface area (Å²) < 4.78 is 17.6. The Morgan fingerprint density at radius 1 is 1.19 bits per heavy atom. The van der Waals surface area contributed by atoms with Gasteiger partial charge in [0.1, 0.15) is 18.2 Å². The zero-order valence-electron chi connectivity index (χ0n) is 17.8. The largest absolute Gasteiger partial charge is 0.478 e. The van der Waals surface area contributed by atoms with Crippen LogP contribution in [0.25, 0.3) is 6.08 Å². The van der Waals surface area contributed by atoms with Gasteiger partial charge in [-0.05, 0) is 49.2 Å². The van der Waals surface area contributed by atoms with Gasteiger partial charge in [-0.15, -0.1) is 0 Å². The van der Waals surface area contributed by atoms with Gasteiger partial charge in [-0.3, -0.25) is 19.6 Å². The number of Topliss-reactive ketones (excluding diaryl/α,β-unsaturated/α-hetero) is 1. The van der Waals surface area contributed by atoms with E-state index in [4.69, 9.17) is 14.2 Å². The van der Waals surface area contributed by atoms with E-state index < -0.39 is 0 Å². The number of carbonyl (C=O) groups excluding carboxylic acids is 1. The van der Waals surface area contributed by atoms with Crippen molar-refractivity contribution in [3.05, 3.63) is 58.6 Å². The second-order valence-electron chi connectivity index (χ2n) is 8.23. The first-order chi connectivity index (χ1) is 15.2. The van der Waals surface area contributed by atoms with E-state index in [9.17, 15) is 4.79 Å². The highest BCUT2D eigenvalue weighted by Gasteiger charge is 2.35. The lowest BCUT2D eigenvalue weighted by Gasteiger charge is -2.31. The minimum atomic E-state index is -0.0800. The number of carbonyl (C=O) groups is 1. The van der Waals surface area contributed by atoms with E-state index in [1.54, 1.807) is 18.5 Å². The highest BCUT2D eigenvalue weighted by atomic mass is 16.5. The SMILES string of the molecule is Cc1cc2c(c3c1C(=O)/C(=C/c1cccnc1)O3)CN(CCCN1CCOCC1)CO2. The van der Waals surface area contributed by atoms with Gasteiger partial charge in [-0.1, -0.05) is 6.07 Å². The minimum absolute atomic E-state index is 0.0800. The summed E-state index contributed by atoms with van der Waals surface area (Å²) in [6, 6.07) is 5.71. The van der Waals surface area contributed by atoms with Crippen LogP contribution < -0.4 is 9.47 Å². The minimum Gasteiger partial charge on any atom is -0.478 e. The number of aryl methyl sites for hydroxylation is 1. The van der Waals surface area contributed by atoms with Crippen molar-refractivity contribution < 1.29 is 19.0 Å². The Labute approximate surface area is 182 Å². The highest BCUT2D eigenvalue weighted by molar-refractivity contribution is 6.15. The van der Waals surface area contributed by atoms with Gasteiger partial charge in [0.05, 0.1) is 24.3 Å². The molecule has 4 heterocycles. The Bertz CT molecular complexity index is 1000. The Morgan fingerprint density at radius 3 is 2.84 bits per heavy atom. The lowest BCUT2D eigenvalue weighted by Crippen LogP contribution is -2.39. The van der Waals surface area contributed by atoms with Gasteiger partial charge in [-0.25, -0.2) is 0 Å². The fourth-order valence-corrected chi connectivity index (χ4v) is 4.37. The van der Waals surface area contributed by atoms with Crippen molar-refractivity contribution in [3.8, 4) is 11.5 Å². The molecule has 1 aromatic heterocycles. The summed E-state index contributed by atoms with van der Waals surface area (Å²) in [5.74, 6) is 1.72. The number of ether oxygens (including phenoxy) is 3. The van der Waals surface area contributed by atoms with Crippen molar-refractivity contribution in [1.29, 1.82) is 0 Å². The summed E-state index contributed by atoms with van der Waals surface area (Å²) in [4.78, 5) is 21.9. The molecule has 0 atom stereocenters. The number of allylic oxidation sites excluding steroid dienone is 1. The van der Waals surface area contributed by atoms with Crippen LogP contribution in [0.15, 0.2) is 36.4 Å². The van der Waals surface area contributed by atoms with E-state index in [-0.39, 0.29) is 5.78 Å². The van der Waals surface area contributed by atoms with Crippen molar-refractivity contribution in [1.82, 2.24) is 14.8 Å². The van der Waals surface area contributed by atoms with Crippen LogP contribution in [0.2, 0.25) is 0 Å². The zero-order valence-corrected chi connectivity index (χ0v) is 17.8. The molecule has 5 rings (SSSR count). The Hall–Kier alpha value is -2.74. The third-order valence-corrected chi connectivity index (χ3v) is 6.02. The van der Waals surface area contributed by atoms with Crippen LogP contribution >= 0.6 is 0 Å². The van der Waals surface area contributed by atoms with Crippen LogP contribution in [0.3, 0.4) is 0 Å². The molecule has 7 heteroatoms. The second-order valence-corrected chi connectivity index (χ2v) is 8.23. The van der Waals surface area contributed by atoms with E-state index in [0.717, 1.165) is 68.3 Å². The average molecular weight is 421 g/mol. The number of morpholine rings is 1. The van der Waals surface area contributed by atoms with Crippen LogP contribution in [-0.4, -0.2) is 66.7 Å². The fraction of sp³-hybridized carbons (Fsp3) is 0.417. The van der Waals surface area contributed by atoms with Crippen molar-refractivity contribution in [2.75, 3.05) is 46.1 Å². The van der Waals surface area contributed by atoms with Gasteiger partial charge in [-0.2, -0.15) is 0 Å². The monoisotopic (exact) mass is 421 g/mol. The van der Waals surface area contributed by atoms with E-state index in [2.05, 4.69) is 14.8 Å². The fourth-order valence-electron chi connectivity index (χ4n) is 4.37. The summed E-state index contributed by atoms with van der Waals surface area (Å²) in [6.07, 6.45) is 6.25. The predicted molar refractivity (Wildman–Crippen MR) is 116 cm³/mol. The summed E-state index contributed by atoms with van der Waals surface area (Å²) in [7, 11) is 0. The Balaban J connectivity index is 1.32. The number of hydrogen-bond donors (Lipinski definition) is 0. The molecule has 3 aliphatic heterocycles. The molecule has 2 aromatic rings. The Morgan fingerprint density at radius 2 is 2.03 bits per heavy atom. The molecule has 0 N–H and O–H groups in total. The number of pyridine rings is 1. The highest BCUT2D eigenvalue weighted by Crippen LogP contribution is 2.44. The molecule has 1 saturated heterocycles. The molecule has 1 aromatic carbocycles. The summed E-state index contributed by atoms with van der Waals surface area (Å²) in [6.45, 7) is 8.87. The molecule has 0 radical (unpaired) electrons. The maximum atomic E-state index is 13.1. The van der Waals surface area contributed by atoms with E-state index >= 15 is 0 Å². The number of hydrogen-bond acceptors (Lipinski definition) is 7. The van der Waals surface area contributed by atoms with Gasteiger partial charge in [0.15, 0.2) is 5.76 Å². The molecule has 0 spiro atoms. The van der Waals surface area contributed by atoms with E-state index in [1.165, 1.54) is 0 Å². The molecule has 0 amide bonds. The quantitative estimate of drug-likeness (QED) is 0.688. The molecule has 162 valence electrons. The molecule has 31 heavy (non-hydrogen) atoms. The third kappa shape index (κ3) is 4.21. The molecule has 0 aliphatic carbocycles. The second kappa shape index (κ2) is 8.78. The van der Waals surface area contributed by atoms with Crippen LogP contribution in [0, 0.1) is 6.92 Å². The number of aromatic nitrogens is 1. The molecular formula is C24H27N3O4. The normalized spacial score (nSPS) is 20.3.